The van der Waals surface area contributed by atoms with Gasteiger partial charge in [-0.1, -0.05) is 54.6 Å². The van der Waals surface area contributed by atoms with E-state index in [0.717, 1.165) is 23.6 Å². The molecule has 0 spiro atoms. The summed E-state index contributed by atoms with van der Waals surface area (Å²) in [6.45, 7) is -0.481. The molecule has 300 valence electrons. The van der Waals surface area contributed by atoms with Crippen molar-refractivity contribution in [2.24, 2.45) is 0 Å². The molecule has 0 bridgehead atoms. The zero-order valence-corrected chi connectivity index (χ0v) is 29.4. The van der Waals surface area contributed by atoms with Crippen molar-refractivity contribution in [2.45, 2.75) is 112 Å². The molecule has 18 nitrogen and oxygen atoms in total. The Hall–Kier alpha value is -3.18. The fourth-order valence-corrected chi connectivity index (χ4v) is 6.80. The number of hydrogen-bond donors (Lipinski definition) is 10. The van der Waals surface area contributed by atoms with E-state index in [1.165, 1.54) is 0 Å². The van der Waals surface area contributed by atoms with Crippen molar-refractivity contribution in [3.8, 4) is 11.1 Å². The number of hydrogen-bond acceptors (Lipinski definition) is 16. The number of amides is 1. The molecule has 0 radical (unpaired) electrons. The molecule has 3 fully saturated rings. The summed E-state index contributed by atoms with van der Waals surface area (Å²) in [4.78, 5) is 24.6. The predicted octanol–water partition coefficient (Wildman–Crippen LogP) is -2.62. The molecule has 3 heterocycles. The van der Waals surface area contributed by atoms with Gasteiger partial charge in [-0.25, -0.2) is 4.79 Å². The first kappa shape index (κ1) is 42.0. The van der Waals surface area contributed by atoms with Crippen molar-refractivity contribution in [1.29, 1.82) is 0 Å². The third-order valence-corrected chi connectivity index (χ3v) is 9.75. The molecule has 10 N–H and O–H groups in total. The fraction of sp³-hybridized carbons (Fsp3) is 0.611. The summed E-state index contributed by atoms with van der Waals surface area (Å²) in [6, 6.07) is 16.2. The molecule has 2 aromatic rings. The molecule has 3 saturated heterocycles. The Labute approximate surface area is 310 Å². The van der Waals surface area contributed by atoms with E-state index in [1.807, 2.05) is 54.6 Å². The number of benzene rings is 2. The second kappa shape index (κ2) is 18.6. The lowest BCUT2D eigenvalue weighted by atomic mass is 9.88. The Morgan fingerprint density at radius 3 is 2.26 bits per heavy atom. The van der Waals surface area contributed by atoms with E-state index in [1.54, 1.807) is 0 Å². The van der Waals surface area contributed by atoms with Crippen molar-refractivity contribution in [1.82, 2.24) is 5.32 Å². The maximum Gasteiger partial charge on any atom is 0.364 e. The van der Waals surface area contributed by atoms with Gasteiger partial charge in [0.2, 0.25) is 5.91 Å². The molecule has 14 atom stereocenters. The van der Waals surface area contributed by atoms with E-state index in [-0.39, 0.29) is 26.2 Å². The lowest BCUT2D eigenvalue weighted by Crippen LogP contribution is -2.70. The van der Waals surface area contributed by atoms with E-state index in [9.17, 15) is 55.5 Å². The van der Waals surface area contributed by atoms with Crippen LogP contribution in [0.5, 0.6) is 0 Å². The quantitative estimate of drug-likeness (QED) is 0.0888. The second-order valence-corrected chi connectivity index (χ2v) is 13.6. The average Bonchev–Trinajstić information content (AvgIpc) is 3.16. The van der Waals surface area contributed by atoms with E-state index < -0.39 is 117 Å². The number of carbonyl (C=O) groups excluding carboxylic acids is 1. The minimum atomic E-state index is -2.94. The van der Waals surface area contributed by atoms with Crippen LogP contribution in [0.2, 0.25) is 0 Å². The largest absolute Gasteiger partial charge is 0.477 e. The van der Waals surface area contributed by atoms with E-state index in [4.69, 9.17) is 28.4 Å². The normalized spacial score (nSPS) is 35.5. The molecule has 0 aliphatic carbocycles. The molecule has 2 aromatic carbocycles. The van der Waals surface area contributed by atoms with Gasteiger partial charge >= 0.3 is 5.97 Å². The summed E-state index contributed by atoms with van der Waals surface area (Å²) < 4.78 is 34.5. The summed E-state index contributed by atoms with van der Waals surface area (Å²) in [6.07, 6.45) is -20.8. The molecule has 3 aliphatic rings. The third-order valence-electron chi connectivity index (χ3n) is 9.75. The molecule has 0 unspecified atom stereocenters. The minimum absolute atomic E-state index is 0.0302. The van der Waals surface area contributed by atoms with E-state index in [0.29, 0.717) is 0 Å². The van der Waals surface area contributed by atoms with Crippen molar-refractivity contribution < 1.29 is 84.0 Å². The van der Waals surface area contributed by atoms with Gasteiger partial charge in [0.15, 0.2) is 6.29 Å². The number of aliphatic carboxylic acids is 1. The van der Waals surface area contributed by atoms with Gasteiger partial charge in [0.05, 0.1) is 44.7 Å². The number of carboxylic acids is 1. The average molecular weight is 768 g/mol. The third kappa shape index (κ3) is 9.60. The summed E-state index contributed by atoms with van der Waals surface area (Å²) in [7, 11) is 0. The first-order valence-electron chi connectivity index (χ1n) is 17.6. The number of aliphatic hydroxyl groups excluding tert-OH is 8. The van der Waals surface area contributed by atoms with E-state index >= 15 is 0 Å². The molecule has 3 aliphatic heterocycles. The maximum atomic E-state index is 12.7. The Bertz CT molecular complexity index is 1500. The standard InChI is InChI=1S/C36H49NO17/c1-18(40)37-27-22(41)13-36(35(47)48,53-32(27)28(43)23(42)14-38)54-33-30(45)25(15-39)52-34(31(33)46)51-24-11-12-50-26(29(24)44)17-49-16-19-7-9-21(10-8-19)20-5-3-2-4-6-20/h2-10,22-34,38-39,41-46H,11-17H2,1H3,(H,37,40)(H,47,48)/t22-,23+,24+,25+,26+,27+,28+,29+,30-,31+,32+,33-,34+,36-/m0/s1. The Morgan fingerprint density at radius 1 is 0.944 bits per heavy atom. The van der Waals surface area contributed by atoms with Crippen LogP contribution in [-0.2, 0) is 44.6 Å². The van der Waals surface area contributed by atoms with Crippen molar-refractivity contribution in [3.05, 3.63) is 60.2 Å². The highest BCUT2D eigenvalue weighted by molar-refractivity contribution is 5.76. The van der Waals surface area contributed by atoms with Crippen molar-refractivity contribution in [3.63, 3.8) is 0 Å². The first-order chi connectivity index (χ1) is 25.8. The summed E-state index contributed by atoms with van der Waals surface area (Å²) in [5.41, 5.74) is 3.00. The van der Waals surface area contributed by atoms with Gasteiger partial charge in [-0.2, -0.15) is 0 Å². The topological polar surface area (TPSA) is 284 Å². The van der Waals surface area contributed by atoms with Crippen LogP contribution in [0.3, 0.4) is 0 Å². The number of nitrogens with one attached hydrogen (secondary N) is 1. The van der Waals surface area contributed by atoms with Gasteiger partial charge in [-0.15, -0.1) is 0 Å². The van der Waals surface area contributed by atoms with Crippen molar-refractivity contribution in [2.75, 3.05) is 26.4 Å². The highest BCUT2D eigenvalue weighted by Crippen LogP contribution is 2.38. The van der Waals surface area contributed by atoms with Crippen LogP contribution in [0, 0.1) is 0 Å². The van der Waals surface area contributed by atoms with Gasteiger partial charge in [0.1, 0.15) is 54.9 Å². The van der Waals surface area contributed by atoms with Crippen LogP contribution >= 0.6 is 0 Å². The summed E-state index contributed by atoms with van der Waals surface area (Å²) >= 11 is 0. The van der Waals surface area contributed by atoms with Crippen LogP contribution in [0.25, 0.3) is 11.1 Å². The predicted molar refractivity (Wildman–Crippen MR) is 182 cm³/mol. The zero-order chi connectivity index (χ0) is 39.2. The lowest BCUT2D eigenvalue weighted by Gasteiger charge is -2.50. The summed E-state index contributed by atoms with van der Waals surface area (Å²) in [5, 5.41) is 97.5. The van der Waals surface area contributed by atoms with Gasteiger partial charge in [-0.3, -0.25) is 4.79 Å². The molecule has 54 heavy (non-hydrogen) atoms. The highest BCUT2D eigenvalue weighted by Gasteiger charge is 2.59. The SMILES string of the molecule is CC(=O)N[C@H]1[C@H]([C@H](O)[C@H](O)CO)O[C@@](O[C@H]2[C@@H](O)[C@@H](CO)O[C@@H](O[C@@H]3CCO[C@H](COCc4ccc(-c5ccccc5)cc4)[C@@H]3O)[C@@H]2O)(C(=O)O)C[C@@H]1O. The van der Waals surface area contributed by atoms with Crippen LogP contribution in [0.1, 0.15) is 25.3 Å². The van der Waals surface area contributed by atoms with Gasteiger partial charge in [0.25, 0.3) is 5.79 Å². The zero-order valence-electron chi connectivity index (χ0n) is 29.4. The molecule has 0 saturated carbocycles. The fourth-order valence-electron chi connectivity index (χ4n) is 6.80. The number of carbonyl (C=O) groups is 2. The van der Waals surface area contributed by atoms with Crippen LogP contribution in [0.15, 0.2) is 54.6 Å². The van der Waals surface area contributed by atoms with Crippen LogP contribution < -0.4 is 5.32 Å². The number of aliphatic hydroxyl groups is 8. The molecule has 18 heteroatoms. The molecule has 1 amide bonds. The highest BCUT2D eigenvalue weighted by atomic mass is 16.8. The van der Waals surface area contributed by atoms with Gasteiger partial charge in [0, 0.05) is 20.0 Å². The molecular weight excluding hydrogens is 718 g/mol. The maximum absolute atomic E-state index is 12.7. The molecule has 0 aromatic heterocycles. The monoisotopic (exact) mass is 767 g/mol. The van der Waals surface area contributed by atoms with Gasteiger partial charge in [-0.05, 0) is 23.1 Å². The molecule has 5 rings (SSSR count). The number of carboxylic acid groups (broad SMARTS) is 1. The Kier molecular flexibility index (Phi) is 14.5. The molecular formula is C36H49NO17. The Morgan fingerprint density at radius 2 is 1.63 bits per heavy atom. The smallest absolute Gasteiger partial charge is 0.364 e. The van der Waals surface area contributed by atoms with Gasteiger partial charge < -0.3 is 79.7 Å². The Balaban J connectivity index is 1.26. The van der Waals surface area contributed by atoms with Crippen LogP contribution in [-0.4, -0.2) is 170 Å². The van der Waals surface area contributed by atoms with Crippen molar-refractivity contribution >= 4 is 11.9 Å². The first-order valence-corrected chi connectivity index (χ1v) is 17.6. The minimum Gasteiger partial charge on any atom is -0.477 e. The van der Waals surface area contributed by atoms with E-state index in [2.05, 4.69) is 5.32 Å². The summed E-state index contributed by atoms with van der Waals surface area (Å²) in [5.74, 6) is -5.54. The number of rotatable bonds is 15. The number of ether oxygens (including phenoxy) is 6. The van der Waals surface area contributed by atoms with Crippen LogP contribution in [0.4, 0.5) is 0 Å². The second-order valence-electron chi connectivity index (χ2n) is 13.6. The lowest BCUT2D eigenvalue weighted by molar-refractivity contribution is -0.376.